The quantitative estimate of drug-likeness (QED) is 0.874. The number of hydrogen-bond acceptors (Lipinski definition) is 3. The molecule has 1 heterocycles. The van der Waals surface area contributed by atoms with E-state index in [1.54, 1.807) is 17.0 Å². The number of carbonyl (C=O) groups is 2. The highest BCUT2D eigenvalue weighted by atomic mass is 16.5. The minimum Gasteiger partial charge on any atom is -0.370 e. The number of nitrogens with zero attached hydrogens (tertiary/aromatic N) is 1. The minimum atomic E-state index is -0.178. The third-order valence-electron chi connectivity index (χ3n) is 3.34. The van der Waals surface area contributed by atoms with Crippen LogP contribution in [0.5, 0.6) is 0 Å². The van der Waals surface area contributed by atoms with Gasteiger partial charge in [-0.1, -0.05) is 0 Å². The molecule has 20 heavy (non-hydrogen) atoms. The first-order valence-corrected chi connectivity index (χ1v) is 6.78. The maximum atomic E-state index is 11.7. The molecule has 1 aromatic carbocycles. The average Bonchev–Trinajstić information content (AvgIpc) is 3.24. The molecule has 0 unspecified atom stereocenters. The maximum Gasteiger partial charge on any atom is 0.319 e. The van der Waals surface area contributed by atoms with E-state index in [0.717, 1.165) is 18.5 Å². The van der Waals surface area contributed by atoms with E-state index < -0.39 is 0 Å². The molecule has 1 aliphatic heterocycles. The van der Waals surface area contributed by atoms with Crippen LogP contribution in [0.1, 0.15) is 12.8 Å². The molecule has 6 nitrogen and oxygen atoms in total. The summed E-state index contributed by atoms with van der Waals surface area (Å²) < 4.78 is 5.10. The van der Waals surface area contributed by atoms with Gasteiger partial charge in [0, 0.05) is 24.0 Å². The van der Waals surface area contributed by atoms with Crippen molar-refractivity contribution in [3.05, 3.63) is 24.3 Å². The molecule has 2 fully saturated rings. The van der Waals surface area contributed by atoms with Gasteiger partial charge in [-0.3, -0.25) is 4.79 Å². The van der Waals surface area contributed by atoms with Crippen LogP contribution in [0.3, 0.4) is 0 Å². The summed E-state index contributed by atoms with van der Waals surface area (Å²) in [5.74, 6) is -0.0385. The third kappa shape index (κ3) is 3.08. The van der Waals surface area contributed by atoms with Crippen LogP contribution in [0.15, 0.2) is 24.3 Å². The summed E-state index contributed by atoms with van der Waals surface area (Å²) in [5, 5.41) is 5.63. The molecule has 0 bridgehead atoms. The van der Waals surface area contributed by atoms with E-state index in [4.69, 9.17) is 4.74 Å². The molecule has 3 amide bonds. The predicted octanol–water partition coefficient (Wildman–Crippen LogP) is 1.33. The third-order valence-corrected chi connectivity index (χ3v) is 3.34. The van der Waals surface area contributed by atoms with E-state index >= 15 is 0 Å². The van der Waals surface area contributed by atoms with Crippen molar-refractivity contribution < 1.29 is 14.3 Å². The van der Waals surface area contributed by atoms with Gasteiger partial charge in [-0.25, -0.2) is 4.79 Å². The average molecular weight is 275 g/mol. The number of urea groups is 1. The Bertz CT molecular complexity index is 511. The summed E-state index contributed by atoms with van der Waals surface area (Å²) in [6.07, 6.45) is 2.12. The van der Waals surface area contributed by atoms with Crippen molar-refractivity contribution in [3.8, 4) is 0 Å². The topological polar surface area (TPSA) is 70.7 Å². The van der Waals surface area contributed by atoms with Gasteiger partial charge in [0.15, 0.2) is 0 Å². The number of benzene rings is 1. The standard InChI is InChI=1S/C14H17N3O3/c18-13-9-20-8-7-17(13)12-5-3-11(4-6-12)16-14(19)15-10-1-2-10/h3-6,10H,1-2,7-9H2,(H2,15,16,19). The van der Waals surface area contributed by atoms with Gasteiger partial charge >= 0.3 is 6.03 Å². The molecule has 0 atom stereocenters. The summed E-state index contributed by atoms with van der Waals surface area (Å²) in [6.45, 7) is 1.24. The molecule has 0 radical (unpaired) electrons. The number of morpholine rings is 1. The van der Waals surface area contributed by atoms with Crippen molar-refractivity contribution in [1.82, 2.24) is 5.32 Å². The molecule has 2 aliphatic rings. The molecule has 3 rings (SSSR count). The van der Waals surface area contributed by atoms with Crippen LogP contribution in [-0.2, 0) is 9.53 Å². The van der Waals surface area contributed by atoms with Gasteiger partial charge in [-0.15, -0.1) is 0 Å². The lowest BCUT2D eigenvalue weighted by molar-refractivity contribution is -0.125. The molecule has 106 valence electrons. The molecule has 1 saturated carbocycles. The number of amides is 3. The van der Waals surface area contributed by atoms with Crippen LogP contribution in [0.25, 0.3) is 0 Å². The molecule has 0 aromatic heterocycles. The zero-order valence-corrected chi connectivity index (χ0v) is 11.1. The van der Waals surface area contributed by atoms with Gasteiger partial charge in [0.2, 0.25) is 0 Å². The van der Waals surface area contributed by atoms with Gasteiger partial charge in [0.25, 0.3) is 5.91 Å². The van der Waals surface area contributed by atoms with Crippen LogP contribution in [0, 0.1) is 0 Å². The van der Waals surface area contributed by atoms with Gasteiger partial charge < -0.3 is 20.3 Å². The van der Waals surface area contributed by atoms with Crippen LogP contribution in [0.2, 0.25) is 0 Å². The highest BCUT2D eigenvalue weighted by Crippen LogP contribution is 2.21. The molecular formula is C14H17N3O3. The van der Waals surface area contributed by atoms with E-state index in [9.17, 15) is 9.59 Å². The fraction of sp³-hybridized carbons (Fsp3) is 0.429. The number of nitrogens with one attached hydrogen (secondary N) is 2. The van der Waals surface area contributed by atoms with Crippen LogP contribution >= 0.6 is 0 Å². The Hall–Kier alpha value is -2.08. The van der Waals surface area contributed by atoms with Gasteiger partial charge in [-0.05, 0) is 37.1 Å². The van der Waals surface area contributed by atoms with E-state index in [2.05, 4.69) is 10.6 Å². The Morgan fingerprint density at radius 3 is 2.65 bits per heavy atom. The van der Waals surface area contributed by atoms with Gasteiger partial charge in [0.05, 0.1) is 6.61 Å². The van der Waals surface area contributed by atoms with Crippen LogP contribution < -0.4 is 15.5 Å². The van der Waals surface area contributed by atoms with Gasteiger partial charge in [0.1, 0.15) is 6.61 Å². The lowest BCUT2D eigenvalue weighted by Crippen LogP contribution is -2.41. The number of rotatable bonds is 3. The molecule has 0 spiro atoms. The second-order valence-electron chi connectivity index (χ2n) is 5.02. The molecule has 2 N–H and O–H groups in total. The summed E-state index contributed by atoms with van der Waals surface area (Å²) in [7, 11) is 0. The Labute approximate surface area is 117 Å². The lowest BCUT2D eigenvalue weighted by Gasteiger charge is -2.26. The van der Waals surface area contributed by atoms with Crippen molar-refractivity contribution in [3.63, 3.8) is 0 Å². The second-order valence-corrected chi connectivity index (χ2v) is 5.02. The van der Waals surface area contributed by atoms with Crippen molar-refractivity contribution in [2.45, 2.75) is 18.9 Å². The Morgan fingerprint density at radius 2 is 2.00 bits per heavy atom. The summed E-state index contributed by atoms with van der Waals surface area (Å²) in [5.41, 5.74) is 1.54. The molecular weight excluding hydrogens is 258 g/mol. The fourth-order valence-corrected chi connectivity index (χ4v) is 2.10. The number of carbonyl (C=O) groups excluding carboxylic acids is 2. The summed E-state index contributed by atoms with van der Waals surface area (Å²) in [6, 6.07) is 7.41. The Kier molecular flexibility index (Phi) is 3.56. The predicted molar refractivity (Wildman–Crippen MR) is 74.8 cm³/mol. The molecule has 1 aliphatic carbocycles. The SMILES string of the molecule is O=C(Nc1ccc(N2CCOCC2=O)cc1)NC1CC1. The summed E-state index contributed by atoms with van der Waals surface area (Å²) in [4.78, 5) is 25.0. The first-order valence-electron chi connectivity index (χ1n) is 6.78. The highest BCUT2D eigenvalue weighted by Gasteiger charge is 2.23. The smallest absolute Gasteiger partial charge is 0.319 e. The minimum absolute atomic E-state index is 0.0385. The van der Waals surface area contributed by atoms with Crippen LogP contribution in [0.4, 0.5) is 16.2 Å². The van der Waals surface area contributed by atoms with E-state index in [0.29, 0.717) is 24.9 Å². The van der Waals surface area contributed by atoms with Gasteiger partial charge in [-0.2, -0.15) is 0 Å². The number of hydrogen-bond donors (Lipinski definition) is 2. The van der Waals surface area contributed by atoms with Crippen molar-refractivity contribution >= 4 is 23.3 Å². The van der Waals surface area contributed by atoms with Crippen molar-refractivity contribution in [2.75, 3.05) is 30.0 Å². The molecule has 1 aromatic rings. The number of ether oxygens (including phenoxy) is 1. The zero-order chi connectivity index (χ0) is 13.9. The van der Waals surface area contributed by atoms with Crippen molar-refractivity contribution in [2.24, 2.45) is 0 Å². The highest BCUT2D eigenvalue weighted by molar-refractivity contribution is 5.95. The molecule has 6 heteroatoms. The Balaban J connectivity index is 1.61. The largest absolute Gasteiger partial charge is 0.370 e. The first-order chi connectivity index (χ1) is 9.72. The van der Waals surface area contributed by atoms with E-state index in [1.807, 2.05) is 12.1 Å². The van der Waals surface area contributed by atoms with Crippen LogP contribution in [-0.4, -0.2) is 37.7 Å². The van der Waals surface area contributed by atoms with E-state index in [1.165, 1.54) is 0 Å². The lowest BCUT2D eigenvalue weighted by atomic mass is 10.2. The monoisotopic (exact) mass is 275 g/mol. The number of anilines is 2. The maximum absolute atomic E-state index is 11.7. The summed E-state index contributed by atoms with van der Waals surface area (Å²) >= 11 is 0. The first kappa shape index (κ1) is 12.9. The Morgan fingerprint density at radius 1 is 1.25 bits per heavy atom. The molecule has 1 saturated heterocycles. The van der Waals surface area contributed by atoms with Crippen molar-refractivity contribution in [1.29, 1.82) is 0 Å². The fourth-order valence-electron chi connectivity index (χ4n) is 2.10. The second kappa shape index (κ2) is 5.50. The normalized spacial score (nSPS) is 18.8. The zero-order valence-electron chi connectivity index (χ0n) is 11.1. The van der Waals surface area contributed by atoms with E-state index in [-0.39, 0.29) is 18.5 Å².